The minimum atomic E-state index is -1.93. The van der Waals surface area contributed by atoms with E-state index in [9.17, 15) is 50.3 Å². The standard InChI is InChI=1S/C24H21F6N3O7/c1-10(31-23(38)24(39)33-20-11(25)4-2-5-12(20)26)22(37)32-15(6-3-7-17(35)36)16(34)9-40-21-18(29)13(27)8-14(28)19(21)30/h2,4-5,8,10,15H,3,6-7,9H2,1H3,(H,31,38)(H,32,37)(H,33,39)(H,35,36)/t10-,15-/m0/s1. The fourth-order valence-corrected chi connectivity index (χ4v) is 3.10. The number of rotatable bonds is 12. The molecule has 16 heteroatoms. The number of hydrogen-bond acceptors (Lipinski definition) is 6. The Labute approximate surface area is 221 Å². The normalized spacial score (nSPS) is 12.2. The Kier molecular flexibility index (Phi) is 11.0. The second-order valence-electron chi connectivity index (χ2n) is 8.15. The summed E-state index contributed by atoms with van der Waals surface area (Å²) in [5.74, 6) is -17.9. The van der Waals surface area contributed by atoms with E-state index in [1.54, 1.807) is 5.32 Å². The zero-order valence-corrected chi connectivity index (χ0v) is 20.5. The third kappa shape index (κ3) is 8.44. The van der Waals surface area contributed by atoms with E-state index in [0.717, 1.165) is 25.1 Å². The number of carboxylic acid groups (broad SMARTS) is 1. The number of aliphatic carboxylic acids is 1. The van der Waals surface area contributed by atoms with Crippen molar-refractivity contribution in [2.24, 2.45) is 0 Å². The van der Waals surface area contributed by atoms with Crippen LogP contribution in [0.5, 0.6) is 5.75 Å². The topological polar surface area (TPSA) is 151 Å². The molecule has 0 radical (unpaired) electrons. The fourth-order valence-electron chi connectivity index (χ4n) is 3.10. The average molecular weight is 577 g/mol. The van der Waals surface area contributed by atoms with Crippen LogP contribution in [0.15, 0.2) is 24.3 Å². The highest BCUT2D eigenvalue weighted by Gasteiger charge is 2.28. The molecule has 0 fully saturated rings. The molecule has 2 aromatic carbocycles. The number of ketones is 1. The Morgan fingerprint density at radius 1 is 0.875 bits per heavy atom. The summed E-state index contributed by atoms with van der Waals surface area (Å²) in [4.78, 5) is 60.1. The SMILES string of the molecule is C[C@H](NC(=O)C(=O)Nc1c(F)cccc1F)C(=O)N[C@@H](CCCC(=O)O)C(=O)COc1c(F)c(F)cc(F)c1F. The molecule has 0 aliphatic carbocycles. The first-order valence-corrected chi connectivity index (χ1v) is 11.3. The van der Waals surface area contributed by atoms with Crippen LogP contribution in [0.4, 0.5) is 32.0 Å². The summed E-state index contributed by atoms with van der Waals surface area (Å²) in [5, 5.41) is 14.5. The van der Waals surface area contributed by atoms with Crippen LogP contribution in [-0.4, -0.2) is 53.3 Å². The number of carbonyl (C=O) groups excluding carboxylic acids is 4. The van der Waals surface area contributed by atoms with Crippen LogP contribution in [-0.2, 0) is 24.0 Å². The highest BCUT2D eigenvalue weighted by atomic mass is 19.2. The Bertz CT molecular complexity index is 1280. The fraction of sp³-hybridized carbons (Fsp3) is 0.292. The van der Waals surface area contributed by atoms with Crippen molar-refractivity contribution in [3.8, 4) is 5.75 Å². The second kappa shape index (κ2) is 14.0. The van der Waals surface area contributed by atoms with Crippen molar-refractivity contribution in [2.45, 2.75) is 38.3 Å². The van der Waals surface area contributed by atoms with Crippen molar-refractivity contribution in [3.63, 3.8) is 0 Å². The minimum Gasteiger partial charge on any atom is -0.481 e. The molecule has 4 N–H and O–H groups in total. The van der Waals surface area contributed by atoms with Gasteiger partial charge in [-0.3, -0.25) is 24.0 Å². The second-order valence-corrected chi connectivity index (χ2v) is 8.15. The molecule has 0 aliphatic heterocycles. The summed E-state index contributed by atoms with van der Waals surface area (Å²) in [5.41, 5.74) is -0.921. The number of hydrogen-bond donors (Lipinski definition) is 4. The summed E-state index contributed by atoms with van der Waals surface area (Å²) in [7, 11) is 0. The maximum Gasteiger partial charge on any atom is 0.313 e. The number of Topliss-reactive ketones (excluding diaryl/α,β-unsaturated/α-hetero) is 1. The van der Waals surface area contributed by atoms with Crippen LogP contribution < -0.4 is 20.7 Å². The molecule has 2 atom stereocenters. The predicted molar refractivity (Wildman–Crippen MR) is 123 cm³/mol. The zero-order chi connectivity index (χ0) is 30.1. The average Bonchev–Trinajstić information content (AvgIpc) is 2.88. The highest BCUT2D eigenvalue weighted by molar-refractivity contribution is 6.40. The van der Waals surface area contributed by atoms with Crippen molar-refractivity contribution in [2.75, 3.05) is 11.9 Å². The lowest BCUT2D eigenvalue weighted by atomic mass is 10.0. The van der Waals surface area contributed by atoms with Crippen LogP contribution in [0.25, 0.3) is 0 Å². The van der Waals surface area contributed by atoms with E-state index in [1.165, 1.54) is 0 Å². The number of para-hydroxylation sites is 1. The summed E-state index contributed by atoms with van der Waals surface area (Å²) in [6, 6.07) is -0.577. The Balaban J connectivity index is 2.07. The molecule has 0 spiro atoms. The maximum absolute atomic E-state index is 13.8. The van der Waals surface area contributed by atoms with Gasteiger partial charge in [0.2, 0.25) is 17.5 Å². The van der Waals surface area contributed by atoms with Gasteiger partial charge in [0, 0.05) is 12.5 Å². The molecule has 2 rings (SSSR count). The largest absolute Gasteiger partial charge is 0.481 e. The quantitative estimate of drug-likeness (QED) is 0.172. The van der Waals surface area contributed by atoms with E-state index >= 15 is 0 Å². The number of benzene rings is 2. The lowest BCUT2D eigenvalue weighted by Gasteiger charge is -2.21. The van der Waals surface area contributed by atoms with E-state index in [0.29, 0.717) is 0 Å². The van der Waals surface area contributed by atoms with Gasteiger partial charge >= 0.3 is 17.8 Å². The molecule has 3 amide bonds. The first kappa shape index (κ1) is 31.6. The van der Waals surface area contributed by atoms with E-state index in [4.69, 9.17) is 5.11 Å². The maximum atomic E-state index is 13.8. The lowest BCUT2D eigenvalue weighted by molar-refractivity contribution is -0.138. The first-order chi connectivity index (χ1) is 18.7. The predicted octanol–water partition coefficient (Wildman–Crippen LogP) is 2.35. The molecule has 2 aromatic rings. The van der Waals surface area contributed by atoms with Crippen molar-refractivity contribution >= 4 is 35.2 Å². The van der Waals surface area contributed by atoms with Gasteiger partial charge in [0.25, 0.3) is 0 Å². The summed E-state index contributed by atoms with van der Waals surface area (Å²) < 4.78 is 86.3. The first-order valence-electron chi connectivity index (χ1n) is 11.3. The molecule has 0 saturated carbocycles. The summed E-state index contributed by atoms with van der Waals surface area (Å²) >= 11 is 0. The van der Waals surface area contributed by atoms with Gasteiger partial charge in [0.05, 0.1) is 6.04 Å². The van der Waals surface area contributed by atoms with Gasteiger partial charge in [-0.2, -0.15) is 8.78 Å². The summed E-state index contributed by atoms with van der Waals surface area (Å²) in [6.07, 6.45) is -1.00. The molecule has 0 bridgehead atoms. The molecule has 40 heavy (non-hydrogen) atoms. The zero-order valence-electron chi connectivity index (χ0n) is 20.5. The van der Waals surface area contributed by atoms with Gasteiger partial charge in [-0.25, -0.2) is 17.6 Å². The Morgan fingerprint density at radius 2 is 1.45 bits per heavy atom. The van der Waals surface area contributed by atoms with Gasteiger partial charge in [-0.1, -0.05) is 6.07 Å². The van der Waals surface area contributed by atoms with E-state index in [1.807, 2.05) is 5.32 Å². The van der Waals surface area contributed by atoms with Crippen molar-refractivity contribution < 1.29 is 60.2 Å². The molecule has 0 saturated heterocycles. The monoisotopic (exact) mass is 577 g/mol. The molecule has 0 unspecified atom stereocenters. The number of carboxylic acids is 1. The van der Waals surface area contributed by atoms with Crippen LogP contribution in [0, 0.1) is 34.9 Å². The van der Waals surface area contributed by atoms with Crippen molar-refractivity contribution in [3.05, 3.63) is 59.2 Å². The van der Waals surface area contributed by atoms with Gasteiger partial charge < -0.3 is 25.8 Å². The Hall–Kier alpha value is -4.63. The number of ether oxygens (including phenoxy) is 1. The third-order valence-electron chi connectivity index (χ3n) is 5.17. The third-order valence-corrected chi connectivity index (χ3v) is 5.17. The van der Waals surface area contributed by atoms with E-state index in [2.05, 4.69) is 10.1 Å². The summed E-state index contributed by atoms with van der Waals surface area (Å²) in [6.45, 7) is -0.161. The van der Waals surface area contributed by atoms with Crippen LogP contribution in [0.3, 0.4) is 0 Å². The number of anilines is 1. The molecular formula is C24H21F6N3O7. The molecule has 216 valence electrons. The van der Waals surface area contributed by atoms with Gasteiger partial charge in [-0.15, -0.1) is 0 Å². The Morgan fingerprint density at radius 3 is 2.00 bits per heavy atom. The molecule has 0 heterocycles. The van der Waals surface area contributed by atoms with Gasteiger partial charge in [0.15, 0.2) is 23.2 Å². The van der Waals surface area contributed by atoms with Gasteiger partial charge in [-0.05, 0) is 31.9 Å². The van der Waals surface area contributed by atoms with Crippen molar-refractivity contribution in [1.29, 1.82) is 0 Å². The van der Waals surface area contributed by atoms with Crippen molar-refractivity contribution in [1.82, 2.24) is 10.6 Å². The van der Waals surface area contributed by atoms with Crippen LogP contribution >= 0.6 is 0 Å². The van der Waals surface area contributed by atoms with Crippen LogP contribution in [0.1, 0.15) is 26.2 Å². The smallest absolute Gasteiger partial charge is 0.313 e. The number of amides is 3. The number of halogens is 6. The van der Waals surface area contributed by atoms with Gasteiger partial charge in [0.1, 0.15) is 30.0 Å². The minimum absolute atomic E-state index is 0.0862. The molecule has 0 aromatic heterocycles. The molecular weight excluding hydrogens is 556 g/mol. The molecule has 10 nitrogen and oxygen atoms in total. The van der Waals surface area contributed by atoms with E-state index < -0.39 is 101 Å². The highest BCUT2D eigenvalue weighted by Crippen LogP contribution is 2.26. The molecule has 0 aliphatic rings. The van der Waals surface area contributed by atoms with E-state index in [-0.39, 0.29) is 18.9 Å². The number of nitrogens with one attached hydrogen (secondary N) is 3. The van der Waals surface area contributed by atoms with Crippen LogP contribution in [0.2, 0.25) is 0 Å². The number of carbonyl (C=O) groups is 5. The lowest BCUT2D eigenvalue weighted by Crippen LogP contribution is -2.52.